The van der Waals surface area contributed by atoms with E-state index in [9.17, 15) is 4.79 Å². The van der Waals surface area contributed by atoms with Crippen molar-refractivity contribution in [1.29, 1.82) is 0 Å². The summed E-state index contributed by atoms with van der Waals surface area (Å²) in [5.41, 5.74) is 2.61. The number of hydrogen-bond acceptors (Lipinski definition) is 5. The van der Waals surface area contributed by atoms with Gasteiger partial charge in [-0.3, -0.25) is 0 Å². The lowest BCUT2D eigenvalue weighted by atomic mass is 10.1. The van der Waals surface area contributed by atoms with Crippen molar-refractivity contribution in [2.24, 2.45) is 4.99 Å². The number of carbonyl (C=O) groups excluding carboxylic acids is 1. The predicted molar refractivity (Wildman–Crippen MR) is 111 cm³/mol. The molecule has 2 aliphatic rings. The van der Waals surface area contributed by atoms with Gasteiger partial charge >= 0.3 is 5.97 Å². The summed E-state index contributed by atoms with van der Waals surface area (Å²) in [6.07, 6.45) is 3.61. The van der Waals surface area contributed by atoms with Crippen LogP contribution in [0.25, 0.3) is 6.08 Å². The summed E-state index contributed by atoms with van der Waals surface area (Å²) < 4.78 is 17.0. The van der Waals surface area contributed by atoms with E-state index in [1.54, 1.807) is 12.1 Å². The highest BCUT2D eigenvalue weighted by Crippen LogP contribution is 2.33. The Kier molecular flexibility index (Phi) is 4.92. The lowest BCUT2D eigenvalue weighted by molar-refractivity contribution is -0.130. The van der Waals surface area contributed by atoms with Crippen LogP contribution in [0.1, 0.15) is 18.1 Å². The zero-order valence-corrected chi connectivity index (χ0v) is 17.1. The average molecular weight is 494 g/mol. The van der Waals surface area contributed by atoms with Gasteiger partial charge in [-0.25, -0.2) is 9.79 Å². The largest absolute Gasteiger partial charge is 0.454 e. The van der Waals surface area contributed by atoms with Crippen LogP contribution >= 0.6 is 34.2 Å². The van der Waals surface area contributed by atoms with Crippen molar-refractivity contribution < 1.29 is 19.0 Å². The minimum absolute atomic E-state index is 0.214. The van der Waals surface area contributed by atoms with Crippen LogP contribution in [0.2, 0.25) is 5.02 Å². The van der Waals surface area contributed by atoms with Gasteiger partial charge in [-0.15, -0.1) is 0 Å². The van der Waals surface area contributed by atoms with Gasteiger partial charge in [0.15, 0.2) is 17.2 Å². The van der Waals surface area contributed by atoms with E-state index in [4.69, 9.17) is 25.8 Å². The van der Waals surface area contributed by atoms with E-state index in [0.717, 1.165) is 20.5 Å². The molecular weight excluding hydrogens is 481 g/mol. The number of cyclic esters (lactones) is 1. The van der Waals surface area contributed by atoms with Gasteiger partial charge in [0.2, 0.25) is 12.7 Å². The Balaban J connectivity index is 1.62. The van der Waals surface area contributed by atoms with E-state index in [1.807, 2.05) is 43.3 Å². The van der Waals surface area contributed by atoms with Gasteiger partial charge in [-0.05, 0) is 77.1 Å². The molecule has 0 radical (unpaired) electrons. The summed E-state index contributed by atoms with van der Waals surface area (Å²) >= 11 is 8.37. The van der Waals surface area contributed by atoms with Crippen molar-refractivity contribution in [3.05, 3.63) is 73.5 Å². The van der Waals surface area contributed by atoms with Crippen LogP contribution in [0.3, 0.4) is 0 Å². The molecule has 0 unspecified atom stereocenters. The summed E-state index contributed by atoms with van der Waals surface area (Å²) in [5, 5.41) is 0.482. The lowest BCUT2D eigenvalue weighted by Crippen LogP contribution is -2.06. The maximum Gasteiger partial charge on any atom is 0.363 e. The van der Waals surface area contributed by atoms with Crippen molar-refractivity contribution in [1.82, 2.24) is 0 Å². The fourth-order valence-electron chi connectivity index (χ4n) is 2.71. The van der Waals surface area contributed by atoms with E-state index in [0.29, 0.717) is 16.3 Å². The second kappa shape index (κ2) is 7.36. The number of nitrogens with zero attached hydrogens (tertiary/aromatic N) is 1. The highest BCUT2D eigenvalue weighted by molar-refractivity contribution is 14.1. The molecule has 0 atom stereocenters. The molecule has 5 nitrogen and oxygen atoms in total. The Hall–Kier alpha value is -2.32. The number of ether oxygens (including phenoxy) is 3. The maximum atomic E-state index is 12.2. The highest BCUT2D eigenvalue weighted by atomic mass is 127. The molecule has 27 heavy (non-hydrogen) atoms. The maximum absolute atomic E-state index is 12.2. The van der Waals surface area contributed by atoms with Gasteiger partial charge < -0.3 is 14.2 Å². The van der Waals surface area contributed by atoms with Crippen LogP contribution in [0, 0.1) is 3.57 Å². The SMILES string of the molecule is CC(=C/c1ccc2c(c1)OCO2)/C=C1\N=C(c2cc(I)ccc2Cl)OC1=O. The molecule has 0 amide bonds. The summed E-state index contributed by atoms with van der Waals surface area (Å²) in [7, 11) is 0. The van der Waals surface area contributed by atoms with Crippen molar-refractivity contribution in [3.63, 3.8) is 0 Å². The van der Waals surface area contributed by atoms with Crippen LogP contribution in [-0.2, 0) is 9.53 Å². The molecule has 0 aliphatic carbocycles. The molecule has 0 N–H and O–H groups in total. The van der Waals surface area contributed by atoms with Crippen LogP contribution in [-0.4, -0.2) is 18.7 Å². The minimum atomic E-state index is -0.502. The molecule has 4 rings (SSSR count). The van der Waals surface area contributed by atoms with Crippen LogP contribution in [0.15, 0.2) is 58.7 Å². The third-order valence-electron chi connectivity index (χ3n) is 3.93. The molecule has 0 aromatic heterocycles. The Labute approximate surface area is 174 Å². The second-order valence-electron chi connectivity index (χ2n) is 5.96. The van der Waals surface area contributed by atoms with Gasteiger partial charge in [-0.1, -0.05) is 23.7 Å². The minimum Gasteiger partial charge on any atom is -0.454 e. The van der Waals surface area contributed by atoms with Gasteiger partial charge in [0.05, 0.1) is 10.6 Å². The molecule has 0 bridgehead atoms. The monoisotopic (exact) mass is 493 g/mol. The first-order valence-corrected chi connectivity index (χ1v) is 9.51. The fourth-order valence-corrected chi connectivity index (χ4v) is 3.40. The third-order valence-corrected chi connectivity index (χ3v) is 4.94. The molecular formula is C20H13ClINO4. The van der Waals surface area contributed by atoms with Crippen molar-refractivity contribution >= 4 is 52.1 Å². The average Bonchev–Trinajstić information content (AvgIpc) is 3.23. The van der Waals surface area contributed by atoms with Gasteiger partial charge in [0.25, 0.3) is 0 Å². The Morgan fingerprint density at radius 1 is 1.19 bits per heavy atom. The van der Waals surface area contributed by atoms with Crippen molar-refractivity contribution in [2.75, 3.05) is 6.79 Å². The van der Waals surface area contributed by atoms with Gasteiger partial charge in [-0.2, -0.15) is 0 Å². The second-order valence-corrected chi connectivity index (χ2v) is 7.61. The van der Waals surface area contributed by atoms with Crippen LogP contribution in [0.4, 0.5) is 0 Å². The van der Waals surface area contributed by atoms with E-state index in [-0.39, 0.29) is 18.4 Å². The third kappa shape index (κ3) is 3.86. The molecule has 0 saturated heterocycles. The molecule has 0 saturated carbocycles. The number of fused-ring (bicyclic) bond motifs is 1. The molecule has 136 valence electrons. The van der Waals surface area contributed by atoms with E-state index >= 15 is 0 Å². The summed E-state index contributed by atoms with van der Waals surface area (Å²) in [5.74, 6) is 1.15. The first kappa shape index (κ1) is 18.1. The van der Waals surface area contributed by atoms with Crippen molar-refractivity contribution in [2.45, 2.75) is 6.92 Å². The summed E-state index contributed by atoms with van der Waals surface area (Å²) in [6.45, 7) is 2.12. The topological polar surface area (TPSA) is 57.1 Å². The quantitative estimate of drug-likeness (QED) is 0.344. The number of allylic oxidation sites excluding steroid dienone is 2. The predicted octanol–water partition coefficient (Wildman–Crippen LogP) is 4.96. The molecule has 2 heterocycles. The van der Waals surface area contributed by atoms with E-state index in [2.05, 4.69) is 27.6 Å². The first-order chi connectivity index (χ1) is 13.0. The molecule has 2 aliphatic heterocycles. The van der Waals surface area contributed by atoms with E-state index < -0.39 is 5.97 Å². The Morgan fingerprint density at radius 2 is 2.00 bits per heavy atom. The van der Waals surface area contributed by atoms with Gasteiger partial charge in [0.1, 0.15) is 0 Å². The zero-order chi connectivity index (χ0) is 19.0. The number of benzene rings is 2. The van der Waals surface area contributed by atoms with Gasteiger partial charge in [0, 0.05) is 3.57 Å². The Morgan fingerprint density at radius 3 is 2.85 bits per heavy atom. The number of esters is 1. The Bertz CT molecular complexity index is 1040. The normalized spacial score (nSPS) is 17.3. The summed E-state index contributed by atoms with van der Waals surface area (Å²) in [4.78, 5) is 16.5. The molecule has 0 spiro atoms. The molecule has 2 aromatic carbocycles. The van der Waals surface area contributed by atoms with Crippen LogP contribution in [0.5, 0.6) is 11.5 Å². The van der Waals surface area contributed by atoms with Crippen LogP contribution < -0.4 is 9.47 Å². The lowest BCUT2D eigenvalue weighted by Gasteiger charge is -2.02. The number of halogens is 2. The molecule has 2 aromatic rings. The van der Waals surface area contributed by atoms with Crippen molar-refractivity contribution in [3.8, 4) is 11.5 Å². The standard InChI is InChI=1S/C20H13ClINO4/c1-11(6-12-2-5-17-18(8-12)26-10-25-17)7-16-20(24)27-19(23-16)14-9-13(22)3-4-15(14)21/h2-9H,10H2,1H3/b11-6-,16-7-. The number of aliphatic imine (C=N–C) groups is 1. The highest BCUT2D eigenvalue weighted by Gasteiger charge is 2.25. The summed E-state index contributed by atoms with van der Waals surface area (Å²) in [6, 6.07) is 11.1. The zero-order valence-electron chi connectivity index (χ0n) is 14.2. The number of carbonyl (C=O) groups is 1. The van der Waals surface area contributed by atoms with E-state index in [1.165, 1.54) is 0 Å². The molecule has 0 fully saturated rings. The number of hydrogen-bond donors (Lipinski definition) is 0. The fraction of sp³-hybridized carbons (Fsp3) is 0.100. The first-order valence-electron chi connectivity index (χ1n) is 8.05. The molecule has 7 heteroatoms. The smallest absolute Gasteiger partial charge is 0.363 e. The number of rotatable bonds is 3.